The van der Waals surface area contributed by atoms with Gasteiger partial charge in [-0.25, -0.2) is 0 Å². The van der Waals surface area contributed by atoms with Gasteiger partial charge in [-0.05, 0) is 64.3 Å². The smallest absolute Gasteiger partial charge is 0.183 e. The van der Waals surface area contributed by atoms with Gasteiger partial charge in [-0.3, -0.25) is 9.69 Å². The van der Waals surface area contributed by atoms with Crippen molar-refractivity contribution < 1.29 is 4.79 Å². The predicted molar refractivity (Wildman–Crippen MR) is 84.4 cm³/mol. The van der Waals surface area contributed by atoms with Crippen LogP contribution in [0.15, 0.2) is 18.2 Å². The van der Waals surface area contributed by atoms with Gasteiger partial charge in [0, 0.05) is 5.56 Å². The van der Waals surface area contributed by atoms with E-state index in [1.807, 2.05) is 6.92 Å². The zero-order valence-electron chi connectivity index (χ0n) is 13.3. The van der Waals surface area contributed by atoms with E-state index >= 15 is 0 Å². The van der Waals surface area contributed by atoms with Crippen molar-refractivity contribution in [1.29, 1.82) is 0 Å². The van der Waals surface area contributed by atoms with Crippen LogP contribution in [0.2, 0.25) is 0 Å². The molecule has 0 aromatic heterocycles. The summed E-state index contributed by atoms with van der Waals surface area (Å²) in [4.78, 5) is 15.7. The number of rotatable bonds is 5. The van der Waals surface area contributed by atoms with Gasteiger partial charge in [0.1, 0.15) is 0 Å². The number of carbonyl (C=O) groups excluding carboxylic acids is 1. The number of nitrogens with zero attached hydrogens (tertiary/aromatic N) is 1. The molecule has 1 fully saturated rings. The summed E-state index contributed by atoms with van der Waals surface area (Å²) in [7, 11) is 0. The normalized spacial score (nSPS) is 16.6. The summed E-state index contributed by atoms with van der Waals surface area (Å²) in [6.45, 7) is 10.6. The Morgan fingerprint density at radius 2 is 1.75 bits per heavy atom. The lowest BCUT2D eigenvalue weighted by molar-refractivity contribution is 0.0580. The molecule has 1 aromatic carbocycles. The maximum atomic E-state index is 13.2. The molecule has 1 saturated heterocycles. The lowest BCUT2D eigenvalue weighted by atomic mass is 9.81. The standard InChI is InChI=1S/C18H27NO/c1-5-18(6-2,19-11-7-8-12-19)17(20)16-13-14(3)9-10-15(16)4/h9-10,13H,5-8,11-12H2,1-4H3. The molecule has 0 amide bonds. The number of aryl methyl sites for hydroxylation is 2. The van der Waals surface area contributed by atoms with Gasteiger partial charge < -0.3 is 0 Å². The fourth-order valence-electron chi connectivity index (χ4n) is 3.54. The van der Waals surface area contributed by atoms with Crippen LogP contribution in [0.4, 0.5) is 0 Å². The van der Waals surface area contributed by atoms with Gasteiger partial charge in [-0.15, -0.1) is 0 Å². The minimum absolute atomic E-state index is 0.297. The first kappa shape index (κ1) is 15.2. The third kappa shape index (κ3) is 2.54. The highest BCUT2D eigenvalue weighted by Gasteiger charge is 2.42. The SMILES string of the molecule is CCC(CC)(C(=O)c1cc(C)ccc1C)N1CCCC1. The van der Waals surface area contributed by atoms with Crippen LogP contribution >= 0.6 is 0 Å². The molecular formula is C18H27NO. The third-order valence-electron chi connectivity index (χ3n) is 4.94. The van der Waals surface area contributed by atoms with E-state index in [9.17, 15) is 4.79 Å². The zero-order valence-corrected chi connectivity index (χ0v) is 13.3. The molecule has 0 radical (unpaired) electrons. The average molecular weight is 273 g/mol. The lowest BCUT2D eigenvalue weighted by Gasteiger charge is -2.39. The lowest BCUT2D eigenvalue weighted by Crippen LogP contribution is -2.52. The predicted octanol–water partition coefficient (Wildman–Crippen LogP) is 4.14. The second-order valence-electron chi connectivity index (χ2n) is 6.08. The highest BCUT2D eigenvalue weighted by Crippen LogP contribution is 2.32. The molecule has 0 bridgehead atoms. The molecule has 1 aromatic rings. The number of Topliss-reactive ketones (excluding diaryl/α,β-unsaturated/α-hetero) is 1. The highest BCUT2D eigenvalue weighted by molar-refractivity contribution is 6.04. The quantitative estimate of drug-likeness (QED) is 0.751. The summed E-state index contributed by atoms with van der Waals surface area (Å²) in [6, 6.07) is 6.22. The molecule has 0 atom stereocenters. The van der Waals surface area contributed by atoms with Crippen molar-refractivity contribution in [2.75, 3.05) is 13.1 Å². The van der Waals surface area contributed by atoms with E-state index in [2.05, 4.69) is 43.9 Å². The van der Waals surface area contributed by atoms with Crippen LogP contribution in [-0.2, 0) is 0 Å². The van der Waals surface area contributed by atoms with Crippen molar-refractivity contribution in [1.82, 2.24) is 4.90 Å². The first-order valence-corrected chi connectivity index (χ1v) is 7.92. The fraction of sp³-hybridized carbons (Fsp3) is 0.611. The van der Waals surface area contributed by atoms with Crippen molar-refractivity contribution in [2.45, 2.75) is 58.9 Å². The molecule has 0 unspecified atom stereocenters. The maximum absolute atomic E-state index is 13.2. The first-order valence-electron chi connectivity index (χ1n) is 7.92. The summed E-state index contributed by atoms with van der Waals surface area (Å²) in [5.41, 5.74) is 2.89. The molecule has 110 valence electrons. The number of carbonyl (C=O) groups is 1. The van der Waals surface area contributed by atoms with Crippen molar-refractivity contribution in [3.8, 4) is 0 Å². The van der Waals surface area contributed by atoms with E-state index in [0.717, 1.165) is 37.1 Å². The van der Waals surface area contributed by atoms with Crippen molar-refractivity contribution in [2.24, 2.45) is 0 Å². The minimum Gasteiger partial charge on any atom is -0.292 e. The molecule has 0 N–H and O–H groups in total. The Kier molecular flexibility index (Phi) is 4.64. The van der Waals surface area contributed by atoms with Gasteiger partial charge in [0.05, 0.1) is 5.54 Å². The Labute approximate surface area is 123 Å². The maximum Gasteiger partial charge on any atom is 0.183 e. The average Bonchev–Trinajstić information content (AvgIpc) is 2.98. The molecule has 2 rings (SSSR count). The first-order chi connectivity index (χ1) is 9.55. The topological polar surface area (TPSA) is 20.3 Å². The second kappa shape index (κ2) is 6.09. The molecule has 0 aliphatic carbocycles. The Morgan fingerprint density at radius 3 is 2.30 bits per heavy atom. The van der Waals surface area contributed by atoms with Crippen LogP contribution in [0.1, 0.15) is 61.0 Å². The number of benzene rings is 1. The van der Waals surface area contributed by atoms with E-state index < -0.39 is 0 Å². The Morgan fingerprint density at radius 1 is 1.15 bits per heavy atom. The van der Waals surface area contributed by atoms with Crippen molar-refractivity contribution in [3.63, 3.8) is 0 Å². The van der Waals surface area contributed by atoms with Gasteiger partial charge in [0.25, 0.3) is 0 Å². The summed E-state index contributed by atoms with van der Waals surface area (Å²) >= 11 is 0. The van der Waals surface area contributed by atoms with Crippen molar-refractivity contribution >= 4 is 5.78 Å². The van der Waals surface area contributed by atoms with Crippen LogP contribution in [0.5, 0.6) is 0 Å². The molecule has 2 heteroatoms. The van der Waals surface area contributed by atoms with Gasteiger partial charge in [-0.2, -0.15) is 0 Å². The Bertz CT molecular complexity index is 482. The number of hydrogen-bond acceptors (Lipinski definition) is 2. The summed E-state index contributed by atoms with van der Waals surface area (Å²) in [6.07, 6.45) is 4.25. The van der Waals surface area contributed by atoms with E-state index in [1.54, 1.807) is 0 Å². The highest BCUT2D eigenvalue weighted by atomic mass is 16.1. The van der Waals surface area contributed by atoms with E-state index in [0.29, 0.717) is 5.78 Å². The van der Waals surface area contributed by atoms with E-state index in [1.165, 1.54) is 18.4 Å². The summed E-state index contributed by atoms with van der Waals surface area (Å²) in [5, 5.41) is 0. The number of hydrogen-bond donors (Lipinski definition) is 0. The van der Waals surface area contributed by atoms with Crippen molar-refractivity contribution in [3.05, 3.63) is 34.9 Å². The van der Waals surface area contributed by atoms with E-state index in [4.69, 9.17) is 0 Å². The summed E-state index contributed by atoms with van der Waals surface area (Å²) < 4.78 is 0. The van der Waals surface area contributed by atoms with Crippen LogP contribution in [0.25, 0.3) is 0 Å². The van der Waals surface area contributed by atoms with Gasteiger partial charge >= 0.3 is 0 Å². The van der Waals surface area contributed by atoms with Gasteiger partial charge in [0.2, 0.25) is 0 Å². The molecule has 2 nitrogen and oxygen atoms in total. The van der Waals surface area contributed by atoms with Crippen LogP contribution in [0.3, 0.4) is 0 Å². The molecule has 1 aliphatic heterocycles. The monoisotopic (exact) mass is 273 g/mol. The minimum atomic E-state index is -0.297. The summed E-state index contributed by atoms with van der Waals surface area (Å²) in [5.74, 6) is 0.325. The molecule has 1 heterocycles. The molecule has 20 heavy (non-hydrogen) atoms. The Balaban J connectivity index is 2.43. The fourth-order valence-corrected chi connectivity index (χ4v) is 3.54. The number of likely N-dealkylation sites (tertiary alicyclic amines) is 1. The third-order valence-corrected chi connectivity index (χ3v) is 4.94. The molecular weight excluding hydrogens is 246 g/mol. The van der Waals surface area contributed by atoms with E-state index in [-0.39, 0.29) is 5.54 Å². The largest absolute Gasteiger partial charge is 0.292 e. The number of ketones is 1. The molecule has 1 aliphatic rings. The molecule has 0 saturated carbocycles. The second-order valence-corrected chi connectivity index (χ2v) is 6.08. The van der Waals surface area contributed by atoms with Crippen LogP contribution in [0, 0.1) is 13.8 Å². The van der Waals surface area contributed by atoms with Gasteiger partial charge in [-0.1, -0.05) is 31.5 Å². The van der Waals surface area contributed by atoms with Crippen LogP contribution in [-0.4, -0.2) is 29.3 Å². The zero-order chi connectivity index (χ0) is 14.8. The molecule has 0 spiro atoms. The van der Waals surface area contributed by atoms with Crippen LogP contribution < -0.4 is 0 Å². The van der Waals surface area contributed by atoms with Gasteiger partial charge in [0.15, 0.2) is 5.78 Å². The Hall–Kier alpha value is -1.15.